The number of rotatable bonds is 6. The summed E-state index contributed by atoms with van der Waals surface area (Å²) in [6.07, 6.45) is 4.57. The standard InChI is InChI=1S/C22H20N4S/c1-17-6-5-9-20(16-17)26-21(19-10-13-23-14-11-19)24-25-22(26)27-15-12-18-7-3-2-4-8-18/h2-11,13-14,16H,12,15H2,1H3. The second-order valence-electron chi connectivity index (χ2n) is 6.30. The molecule has 0 aliphatic heterocycles. The maximum atomic E-state index is 4.49. The van der Waals surface area contributed by atoms with E-state index < -0.39 is 0 Å². The highest BCUT2D eigenvalue weighted by atomic mass is 32.2. The first-order valence-corrected chi connectivity index (χ1v) is 9.89. The first-order chi connectivity index (χ1) is 13.3. The molecule has 2 aromatic carbocycles. The van der Waals surface area contributed by atoms with Crippen LogP contribution in [-0.4, -0.2) is 25.5 Å². The number of nitrogens with zero attached hydrogens (tertiary/aromatic N) is 4. The Kier molecular flexibility index (Phi) is 5.30. The predicted molar refractivity (Wildman–Crippen MR) is 110 cm³/mol. The van der Waals surface area contributed by atoms with Gasteiger partial charge < -0.3 is 0 Å². The number of hydrogen-bond acceptors (Lipinski definition) is 4. The Labute approximate surface area is 163 Å². The molecule has 134 valence electrons. The third-order valence-electron chi connectivity index (χ3n) is 4.30. The number of hydrogen-bond donors (Lipinski definition) is 0. The molecule has 2 heterocycles. The molecule has 4 rings (SSSR count). The van der Waals surface area contributed by atoms with Crippen molar-refractivity contribution in [2.45, 2.75) is 18.5 Å². The Morgan fingerprint density at radius 1 is 0.889 bits per heavy atom. The molecule has 2 aromatic heterocycles. The minimum Gasteiger partial charge on any atom is -0.270 e. The van der Waals surface area contributed by atoms with Gasteiger partial charge in [-0.3, -0.25) is 9.55 Å². The van der Waals surface area contributed by atoms with E-state index >= 15 is 0 Å². The number of aromatic nitrogens is 4. The lowest BCUT2D eigenvalue weighted by Gasteiger charge is -2.11. The van der Waals surface area contributed by atoms with Gasteiger partial charge in [0.25, 0.3) is 0 Å². The van der Waals surface area contributed by atoms with Gasteiger partial charge in [-0.15, -0.1) is 10.2 Å². The molecule has 0 aliphatic carbocycles. The quantitative estimate of drug-likeness (QED) is 0.448. The minimum absolute atomic E-state index is 0.838. The van der Waals surface area contributed by atoms with Crippen molar-refractivity contribution in [2.24, 2.45) is 0 Å². The summed E-state index contributed by atoms with van der Waals surface area (Å²) in [5, 5.41) is 9.87. The zero-order chi connectivity index (χ0) is 18.5. The van der Waals surface area contributed by atoms with Gasteiger partial charge in [-0.25, -0.2) is 0 Å². The fourth-order valence-electron chi connectivity index (χ4n) is 2.96. The highest BCUT2D eigenvalue weighted by molar-refractivity contribution is 7.99. The Morgan fingerprint density at radius 3 is 2.48 bits per heavy atom. The molecule has 5 heteroatoms. The molecule has 0 N–H and O–H groups in total. The van der Waals surface area contributed by atoms with E-state index in [0.29, 0.717) is 0 Å². The van der Waals surface area contributed by atoms with E-state index in [2.05, 4.69) is 75.2 Å². The lowest BCUT2D eigenvalue weighted by atomic mass is 10.2. The van der Waals surface area contributed by atoms with Crippen LogP contribution in [0.4, 0.5) is 0 Å². The molecule has 4 nitrogen and oxygen atoms in total. The van der Waals surface area contributed by atoms with Crippen LogP contribution in [0.3, 0.4) is 0 Å². The number of thioether (sulfide) groups is 1. The summed E-state index contributed by atoms with van der Waals surface area (Å²) in [7, 11) is 0. The molecule has 0 fully saturated rings. The number of aryl methyl sites for hydroxylation is 2. The van der Waals surface area contributed by atoms with Crippen molar-refractivity contribution < 1.29 is 0 Å². The predicted octanol–water partition coefficient (Wildman–Crippen LogP) is 4.97. The van der Waals surface area contributed by atoms with Gasteiger partial charge in [-0.2, -0.15) is 0 Å². The molecule has 27 heavy (non-hydrogen) atoms. The van der Waals surface area contributed by atoms with Crippen LogP contribution in [0.25, 0.3) is 17.1 Å². The summed E-state index contributed by atoms with van der Waals surface area (Å²) in [5.41, 5.74) is 4.63. The van der Waals surface area contributed by atoms with Gasteiger partial charge in [0.2, 0.25) is 0 Å². The van der Waals surface area contributed by atoms with Crippen molar-refractivity contribution in [2.75, 3.05) is 5.75 Å². The summed E-state index contributed by atoms with van der Waals surface area (Å²) in [5.74, 6) is 1.79. The topological polar surface area (TPSA) is 43.6 Å². The normalized spacial score (nSPS) is 10.9. The molecule has 0 spiro atoms. The van der Waals surface area contributed by atoms with Crippen molar-refractivity contribution in [3.05, 3.63) is 90.3 Å². The molecule has 0 amide bonds. The highest BCUT2D eigenvalue weighted by Crippen LogP contribution is 2.28. The van der Waals surface area contributed by atoms with E-state index in [1.165, 1.54) is 11.1 Å². The fourth-order valence-corrected chi connectivity index (χ4v) is 3.90. The van der Waals surface area contributed by atoms with Gasteiger partial charge in [0.15, 0.2) is 11.0 Å². The molecule has 0 aliphatic rings. The number of pyridine rings is 1. The van der Waals surface area contributed by atoms with Crippen LogP contribution in [0.2, 0.25) is 0 Å². The third-order valence-corrected chi connectivity index (χ3v) is 5.23. The Balaban J connectivity index is 1.66. The van der Waals surface area contributed by atoms with Gasteiger partial charge in [0.05, 0.1) is 0 Å². The second-order valence-corrected chi connectivity index (χ2v) is 7.36. The van der Waals surface area contributed by atoms with Crippen molar-refractivity contribution in [3.8, 4) is 17.1 Å². The molecule has 0 radical (unpaired) electrons. The molecule has 0 atom stereocenters. The summed E-state index contributed by atoms with van der Waals surface area (Å²) < 4.78 is 2.14. The Morgan fingerprint density at radius 2 is 1.70 bits per heavy atom. The van der Waals surface area contributed by atoms with Crippen LogP contribution in [0.15, 0.2) is 84.3 Å². The molecule has 0 unspecified atom stereocenters. The van der Waals surface area contributed by atoms with Gasteiger partial charge in [0.1, 0.15) is 0 Å². The van der Waals surface area contributed by atoms with Crippen LogP contribution >= 0.6 is 11.8 Å². The van der Waals surface area contributed by atoms with E-state index in [0.717, 1.165) is 34.4 Å². The van der Waals surface area contributed by atoms with E-state index in [-0.39, 0.29) is 0 Å². The Hall–Kier alpha value is -2.92. The summed E-state index contributed by atoms with van der Waals surface area (Å²) in [6.45, 7) is 2.10. The van der Waals surface area contributed by atoms with Gasteiger partial charge >= 0.3 is 0 Å². The molecule has 0 bridgehead atoms. The largest absolute Gasteiger partial charge is 0.270 e. The van der Waals surface area contributed by atoms with Crippen LogP contribution in [0.1, 0.15) is 11.1 Å². The number of benzene rings is 2. The first-order valence-electron chi connectivity index (χ1n) is 8.91. The SMILES string of the molecule is Cc1cccc(-n2c(SCCc3ccccc3)nnc2-c2ccncc2)c1. The average Bonchev–Trinajstić information content (AvgIpc) is 3.13. The van der Waals surface area contributed by atoms with Crippen LogP contribution in [0, 0.1) is 6.92 Å². The first kappa shape index (κ1) is 17.5. The van der Waals surface area contributed by atoms with Gasteiger partial charge in [-0.1, -0.05) is 54.2 Å². The molecule has 0 saturated carbocycles. The summed E-state index contributed by atoms with van der Waals surface area (Å²) in [6, 6.07) is 22.9. The highest BCUT2D eigenvalue weighted by Gasteiger charge is 2.16. The zero-order valence-electron chi connectivity index (χ0n) is 15.1. The molecular weight excluding hydrogens is 352 g/mol. The van der Waals surface area contributed by atoms with Crippen LogP contribution in [-0.2, 0) is 6.42 Å². The lowest BCUT2D eigenvalue weighted by molar-refractivity contribution is 0.884. The van der Waals surface area contributed by atoms with E-state index in [9.17, 15) is 0 Å². The fraction of sp³-hybridized carbons (Fsp3) is 0.136. The summed E-state index contributed by atoms with van der Waals surface area (Å²) in [4.78, 5) is 4.11. The van der Waals surface area contributed by atoms with E-state index in [1.807, 2.05) is 18.2 Å². The summed E-state index contributed by atoms with van der Waals surface area (Å²) >= 11 is 1.73. The van der Waals surface area contributed by atoms with Crippen LogP contribution < -0.4 is 0 Å². The maximum Gasteiger partial charge on any atom is 0.196 e. The smallest absolute Gasteiger partial charge is 0.196 e. The van der Waals surface area contributed by atoms with Crippen molar-refractivity contribution in [1.29, 1.82) is 0 Å². The lowest BCUT2D eigenvalue weighted by Crippen LogP contribution is -2.01. The van der Waals surface area contributed by atoms with Gasteiger partial charge in [-0.05, 0) is 48.7 Å². The maximum absolute atomic E-state index is 4.49. The molecule has 4 aromatic rings. The van der Waals surface area contributed by atoms with Crippen molar-refractivity contribution >= 4 is 11.8 Å². The average molecular weight is 372 g/mol. The third kappa shape index (κ3) is 4.09. The molecular formula is C22H20N4S. The van der Waals surface area contributed by atoms with E-state index in [1.54, 1.807) is 24.2 Å². The minimum atomic E-state index is 0.838. The van der Waals surface area contributed by atoms with Crippen LogP contribution in [0.5, 0.6) is 0 Å². The Bertz CT molecular complexity index is 1010. The zero-order valence-corrected chi connectivity index (χ0v) is 15.9. The van der Waals surface area contributed by atoms with Gasteiger partial charge in [0, 0.05) is 29.4 Å². The second kappa shape index (κ2) is 8.18. The van der Waals surface area contributed by atoms with Crippen molar-refractivity contribution in [1.82, 2.24) is 19.7 Å². The molecule has 0 saturated heterocycles. The van der Waals surface area contributed by atoms with E-state index in [4.69, 9.17) is 0 Å². The monoisotopic (exact) mass is 372 g/mol. The van der Waals surface area contributed by atoms with Crippen molar-refractivity contribution in [3.63, 3.8) is 0 Å².